The van der Waals surface area contributed by atoms with Crippen molar-refractivity contribution in [2.75, 3.05) is 5.32 Å². The summed E-state index contributed by atoms with van der Waals surface area (Å²) in [6.07, 6.45) is 3.67. The topological polar surface area (TPSA) is 43.0 Å². The van der Waals surface area contributed by atoms with Crippen LogP contribution in [-0.2, 0) is 7.05 Å². The van der Waals surface area contributed by atoms with Gasteiger partial charge in [-0.1, -0.05) is 0 Å². The molecule has 0 bridgehead atoms. The first kappa shape index (κ1) is 9.83. The normalized spacial score (nSPS) is 12.7. The maximum atomic E-state index is 5.53. The van der Waals surface area contributed by atoms with E-state index in [-0.39, 0.29) is 6.04 Å². The number of rotatable bonds is 3. The summed E-state index contributed by atoms with van der Waals surface area (Å²) in [5.74, 6) is 2.70. The van der Waals surface area contributed by atoms with E-state index in [1.54, 1.807) is 6.20 Å². The number of hydrogen-bond donors (Lipinski definition) is 1. The Morgan fingerprint density at radius 2 is 2.27 bits per heavy atom. The Bertz CT molecular complexity index is 444. The summed E-state index contributed by atoms with van der Waals surface area (Å²) in [4.78, 5) is 4.20. The van der Waals surface area contributed by atoms with Crippen LogP contribution in [0, 0.1) is 6.92 Å². The molecule has 15 heavy (non-hydrogen) atoms. The third-order valence-electron chi connectivity index (χ3n) is 2.35. The van der Waals surface area contributed by atoms with E-state index >= 15 is 0 Å². The van der Waals surface area contributed by atoms with Gasteiger partial charge in [-0.25, -0.2) is 4.98 Å². The van der Waals surface area contributed by atoms with Crippen molar-refractivity contribution >= 4 is 5.95 Å². The molecule has 2 aromatic heterocycles. The van der Waals surface area contributed by atoms with Crippen LogP contribution in [0.2, 0.25) is 0 Å². The van der Waals surface area contributed by atoms with Crippen LogP contribution in [0.3, 0.4) is 0 Å². The van der Waals surface area contributed by atoms with E-state index in [4.69, 9.17) is 4.42 Å². The van der Waals surface area contributed by atoms with Gasteiger partial charge < -0.3 is 14.3 Å². The molecule has 4 heteroatoms. The molecule has 80 valence electrons. The second-order valence-corrected chi connectivity index (χ2v) is 3.68. The van der Waals surface area contributed by atoms with Crippen molar-refractivity contribution in [1.29, 1.82) is 0 Å². The molecule has 2 rings (SSSR count). The molecule has 0 saturated carbocycles. The standard InChI is InChI=1S/C11H15N3O/c1-8-4-5-10(15-8)9(2)13-11-12-6-7-14(11)3/h4-7,9H,1-3H3,(H,12,13). The quantitative estimate of drug-likeness (QED) is 0.837. The van der Waals surface area contributed by atoms with E-state index in [2.05, 4.69) is 10.3 Å². The molecule has 2 aromatic rings. The van der Waals surface area contributed by atoms with Gasteiger partial charge in [0.15, 0.2) is 0 Å². The molecule has 0 spiro atoms. The number of aryl methyl sites for hydroxylation is 2. The molecule has 1 N–H and O–H groups in total. The lowest BCUT2D eigenvalue weighted by molar-refractivity contribution is 0.465. The Kier molecular flexibility index (Phi) is 2.49. The highest BCUT2D eigenvalue weighted by molar-refractivity contribution is 5.29. The molecule has 0 fully saturated rings. The first-order valence-corrected chi connectivity index (χ1v) is 4.97. The smallest absolute Gasteiger partial charge is 0.203 e. The van der Waals surface area contributed by atoms with Gasteiger partial charge >= 0.3 is 0 Å². The second kappa shape index (κ2) is 3.81. The van der Waals surface area contributed by atoms with Crippen LogP contribution in [0.25, 0.3) is 0 Å². The fourth-order valence-electron chi connectivity index (χ4n) is 1.46. The highest BCUT2D eigenvalue weighted by atomic mass is 16.3. The van der Waals surface area contributed by atoms with Crippen molar-refractivity contribution in [1.82, 2.24) is 9.55 Å². The fraction of sp³-hybridized carbons (Fsp3) is 0.364. The van der Waals surface area contributed by atoms with E-state index in [0.29, 0.717) is 0 Å². The monoisotopic (exact) mass is 205 g/mol. The fourth-order valence-corrected chi connectivity index (χ4v) is 1.46. The molecule has 0 aromatic carbocycles. The average Bonchev–Trinajstić information content (AvgIpc) is 2.77. The van der Waals surface area contributed by atoms with Crippen molar-refractivity contribution in [2.24, 2.45) is 7.05 Å². The van der Waals surface area contributed by atoms with Crippen molar-refractivity contribution < 1.29 is 4.42 Å². The highest BCUT2D eigenvalue weighted by Gasteiger charge is 2.10. The average molecular weight is 205 g/mol. The van der Waals surface area contributed by atoms with Gasteiger partial charge in [0, 0.05) is 19.4 Å². The van der Waals surface area contributed by atoms with E-state index in [1.807, 2.05) is 43.8 Å². The zero-order valence-electron chi connectivity index (χ0n) is 9.19. The van der Waals surface area contributed by atoms with Crippen LogP contribution in [0.15, 0.2) is 28.9 Å². The molecule has 0 aliphatic rings. The minimum atomic E-state index is 0.125. The molecule has 2 heterocycles. The first-order chi connectivity index (χ1) is 7.16. The number of furan rings is 1. The van der Waals surface area contributed by atoms with Crippen LogP contribution in [0.5, 0.6) is 0 Å². The van der Waals surface area contributed by atoms with Gasteiger partial charge in [-0.3, -0.25) is 0 Å². The second-order valence-electron chi connectivity index (χ2n) is 3.68. The van der Waals surface area contributed by atoms with Gasteiger partial charge in [-0.15, -0.1) is 0 Å². The lowest BCUT2D eigenvalue weighted by Crippen LogP contribution is -2.09. The van der Waals surface area contributed by atoms with Gasteiger partial charge in [0.1, 0.15) is 11.5 Å². The summed E-state index contributed by atoms with van der Waals surface area (Å²) in [5.41, 5.74) is 0. The van der Waals surface area contributed by atoms with Gasteiger partial charge in [-0.05, 0) is 26.0 Å². The molecule has 0 saturated heterocycles. The molecular formula is C11H15N3O. The Morgan fingerprint density at radius 3 is 2.80 bits per heavy atom. The molecular weight excluding hydrogens is 190 g/mol. The summed E-state index contributed by atoms with van der Waals surface area (Å²) in [6.45, 7) is 3.99. The molecule has 4 nitrogen and oxygen atoms in total. The zero-order chi connectivity index (χ0) is 10.8. The van der Waals surface area contributed by atoms with Crippen molar-refractivity contribution in [3.05, 3.63) is 36.0 Å². The minimum Gasteiger partial charge on any atom is -0.464 e. The summed E-state index contributed by atoms with van der Waals surface area (Å²) in [7, 11) is 1.95. The van der Waals surface area contributed by atoms with Crippen LogP contribution < -0.4 is 5.32 Å². The van der Waals surface area contributed by atoms with E-state index in [0.717, 1.165) is 17.5 Å². The van der Waals surface area contributed by atoms with Crippen LogP contribution in [-0.4, -0.2) is 9.55 Å². The Balaban J connectivity index is 2.10. The van der Waals surface area contributed by atoms with Gasteiger partial charge in [0.05, 0.1) is 6.04 Å². The van der Waals surface area contributed by atoms with Crippen molar-refractivity contribution in [3.8, 4) is 0 Å². The van der Waals surface area contributed by atoms with Crippen molar-refractivity contribution in [2.45, 2.75) is 19.9 Å². The summed E-state index contributed by atoms with van der Waals surface area (Å²) >= 11 is 0. The lowest BCUT2D eigenvalue weighted by atomic mass is 10.2. The number of nitrogens with zero attached hydrogens (tertiary/aromatic N) is 2. The zero-order valence-corrected chi connectivity index (χ0v) is 9.19. The van der Waals surface area contributed by atoms with E-state index in [9.17, 15) is 0 Å². The molecule has 0 amide bonds. The van der Waals surface area contributed by atoms with Crippen LogP contribution in [0.4, 0.5) is 5.95 Å². The summed E-state index contributed by atoms with van der Waals surface area (Å²) < 4.78 is 7.47. The van der Waals surface area contributed by atoms with E-state index in [1.165, 1.54) is 0 Å². The number of anilines is 1. The predicted molar refractivity (Wildman–Crippen MR) is 58.7 cm³/mol. The van der Waals surface area contributed by atoms with Crippen LogP contribution in [0.1, 0.15) is 24.5 Å². The predicted octanol–water partition coefficient (Wildman–Crippen LogP) is 2.49. The van der Waals surface area contributed by atoms with E-state index < -0.39 is 0 Å². The minimum absolute atomic E-state index is 0.125. The Labute approximate surface area is 88.9 Å². The largest absolute Gasteiger partial charge is 0.464 e. The Hall–Kier alpha value is -1.71. The lowest BCUT2D eigenvalue weighted by Gasteiger charge is -2.11. The van der Waals surface area contributed by atoms with Gasteiger partial charge in [0.25, 0.3) is 0 Å². The van der Waals surface area contributed by atoms with Gasteiger partial charge in [-0.2, -0.15) is 0 Å². The third-order valence-corrected chi connectivity index (χ3v) is 2.35. The van der Waals surface area contributed by atoms with Crippen molar-refractivity contribution in [3.63, 3.8) is 0 Å². The third kappa shape index (κ3) is 2.03. The molecule has 0 aliphatic heterocycles. The molecule has 1 unspecified atom stereocenters. The molecule has 1 atom stereocenters. The van der Waals surface area contributed by atoms with Gasteiger partial charge in [0.2, 0.25) is 5.95 Å². The maximum absolute atomic E-state index is 5.53. The number of hydrogen-bond acceptors (Lipinski definition) is 3. The summed E-state index contributed by atoms with van der Waals surface area (Å²) in [5, 5.41) is 3.28. The first-order valence-electron chi connectivity index (χ1n) is 4.97. The summed E-state index contributed by atoms with van der Waals surface area (Å²) in [6, 6.07) is 4.07. The van der Waals surface area contributed by atoms with Crippen LogP contribution >= 0.6 is 0 Å². The Morgan fingerprint density at radius 1 is 1.47 bits per heavy atom. The highest BCUT2D eigenvalue weighted by Crippen LogP contribution is 2.19. The number of imidazole rings is 1. The molecule has 0 radical (unpaired) electrons. The number of aromatic nitrogens is 2. The molecule has 0 aliphatic carbocycles. The SMILES string of the molecule is Cc1ccc(C(C)Nc2nccn2C)o1. The maximum Gasteiger partial charge on any atom is 0.203 e. The number of nitrogens with one attached hydrogen (secondary N) is 1.